The topological polar surface area (TPSA) is 41.6 Å². The zero-order chi connectivity index (χ0) is 21.0. The van der Waals surface area contributed by atoms with Crippen molar-refractivity contribution < 1.29 is 9.53 Å². The van der Waals surface area contributed by atoms with Crippen molar-refractivity contribution in [2.75, 3.05) is 25.1 Å². The molecule has 0 unspecified atom stereocenters. The van der Waals surface area contributed by atoms with Crippen LogP contribution >= 0.6 is 0 Å². The van der Waals surface area contributed by atoms with Crippen LogP contribution in [0.1, 0.15) is 79.0 Å². The van der Waals surface area contributed by atoms with E-state index in [9.17, 15) is 4.79 Å². The van der Waals surface area contributed by atoms with Crippen LogP contribution in [0, 0.1) is 6.92 Å². The number of methoxy groups -OCH3 is 1. The van der Waals surface area contributed by atoms with Crippen molar-refractivity contribution in [3.8, 4) is 5.75 Å². The van der Waals surface area contributed by atoms with Crippen LogP contribution in [0.15, 0.2) is 36.4 Å². The largest absolute Gasteiger partial charge is 0.496 e. The molecule has 29 heavy (non-hydrogen) atoms. The zero-order valence-corrected chi connectivity index (χ0v) is 18.4. The summed E-state index contributed by atoms with van der Waals surface area (Å²) >= 11 is 0. The highest BCUT2D eigenvalue weighted by Gasteiger charge is 2.18. The number of piperidine rings is 1. The van der Waals surface area contributed by atoms with Gasteiger partial charge in [-0.15, -0.1) is 0 Å². The average Bonchev–Trinajstić information content (AvgIpc) is 2.73. The summed E-state index contributed by atoms with van der Waals surface area (Å²) < 4.78 is 5.54. The lowest BCUT2D eigenvalue weighted by Crippen LogP contribution is -2.29. The number of carbonyl (C=O) groups is 1. The number of anilines is 1. The lowest BCUT2D eigenvalue weighted by Gasteiger charge is -2.28. The number of rotatable bonds is 6. The number of amides is 1. The molecule has 3 rings (SSSR count). The number of benzene rings is 2. The highest BCUT2D eigenvalue weighted by molar-refractivity contribution is 5.94. The fourth-order valence-corrected chi connectivity index (χ4v) is 4.14. The summed E-state index contributed by atoms with van der Waals surface area (Å²) in [6.07, 6.45) is 3.82. The van der Waals surface area contributed by atoms with Gasteiger partial charge in [0.15, 0.2) is 0 Å². The first-order chi connectivity index (χ1) is 13.9. The lowest BCUT2D eigenvalue weighted by atomic mass is 9.93. The molecule has 0 radical (unpaired) electrons. The standard InChI is InChI=1S/C25H34N2O2/c1-17(2)22-16-23(18(3)15-24(22)29-5)19(4)26-25(28)20-9-11-21(12-10-20)27-13-7-6-8-14-27/h9-12,15-17,19H,6-8,13-14H2,1-5H3,(H,26,28)/t19-/m1/s1. The number of aryl methyl sites for hydroxylation is 1. The van der Waals surface area contributed by atoms with Crippen LogP contribution in [-0.2, 0) is 0 Å². The molecule has 1 saturated heterocycles. The second-order valence-corrected chi connectivity index (χ2v) is 8.40. The Labute approximate surface area is 175 Å². The molecule has 0 bridgehead atoms. The van der Waals surface area contributed by atoms with Crippen LogP contribution in [0.2, 0.25) is 0 Å². The molecule has 2 aromatic carbocycles. The van der Waals surface area contributed by atoms with Gasteiger partial charge in [0.05, 0.1) is 13.2 Å². The molecule has 156 valence electrons. The molecule has 0 spiro atoms. The Morgan fingerprint density at radius 3 is 2.24 bits per heavy atom. The van der Waals surface area contributed by atoms with Gasteiger partial charge in [-0.2, -0.15) is 0 Å². The van der Waals surface area contributed by atoms with Crippen molar-refractivity contribution in [3.63, 3.8) is 0 Å². The number of nitrogens with one attached hydrogen (secondary N) is 1. The van der Waals surface area contributed by atoms with Crippen molar-refractivity contribution >= 4 is 11.6 Å². The van der Waals surface area contributed by atoms with Gasteiger partial charge in [-0.05, 0) is 92.1 Å². The average molecular weight is 395 g/mol. The number of hydrogen-bond acceptors (Lipinski definition) is 3. The van der Waals surface area contributed by atoms with Gasteiger partial charge >= 0.3 is 0 Å². The number of ether oxygens (including phenoxy) is 1. The molecule has 1 fully saturated rings. The fraction of sp³-hybridized carbons (Fsp3) is 0.480. The van der Waals surface area contributed by atoms with Gasteiger partial charge in [0, 0.05) is 24.3 Å². The molecule has 0 saturated carbocycles. The van der Waals surface area contributed by atoms with E-state index in [4.69, 9.17) is 4.74 Å². The van der Waals surface area contributed by atoms with Crippen LogP contribution < -0.4 is 15.0 Å². The summed E-state index contributed by atoms with van der Waals surface area (Å²) in [4.78, 5) is 15.2. The molecule has 0 aliphatic carbocycles. The highest BCUT2D eigenvalue weighted by Crippen LogP contribution is 2.32. The first kappa shape index (κ1) is 21.2. The minimum Gasteiger partial charge on any atom is -0.496 e. The first-order valence-corrected chi connectivity index (χ1v) is 10.7. The smallest absolute Gasteiger partial charge is 0.251 e. The Morgan fingerprint density at radius 2 is 1.66 bits per heavy atom. The SMILES string of the molecule is COc1cc(C)c([C@@H](C)NC(=O)c2ccc(N3CCCCC3)cc2)cc1C(C)C. The molecular formula is C25H34N2O2. The molecule has 4 heteroatoms. The molecule has 2 aromatic rings. The Balaban J connectivity index is 1.72. The van der Waals surface area contributed by atoms with E-state index in [0.29, 0.717) is 11.5 Å². The Morgan fingerprint density at radius 1 is 1.00 bits per heavy atom. The minimum atomic E-state index is -0.0762. The predicted molar refractivity (Wildman–Crippen MR) is 120 cm³/mol. The quantitative estimate of drug-likeness (QED) is 0.692. The van der Waals surface area contributed by atoms with Crippen molar-refractivity contribution in [2.45, 2.75) is 58.9 Å². The van der Waals surface area contributed by atoms with Gasteiger partial charge in [-0.3, -0.25) is 4.79 Å². The van der Waals surface area contributed by atoms with Crippen molar-refractivity contribution in [2.24, 2.45) is 0 Å². The van der Waals surface area contributed by atoms with Gasteiger partial charge in [0.25, 0.3) is 5.91 Å². The van der Waals surface area contributed by atoms with E-state index in [1.54, 1.807) is 7.11 Å². The molecule has 1 heterocycles. The van der Waals surface area contributed by atoms with Gasteiger partial charge in [0.1, 0.15) is 5.75 Å². The Bertz CT molecular complexity index is 837. The first-order valence-electron chi connectivity index (χ1n) is 10.7. The maximum Gasteiger partial charge on any atom is 0.251 e. The summed E-state index contributed by atoms with van der Waals surface area (Å²) in [5.74, 6) is 1.23. The second-order valence-electron chi connectivity index (χ2n) is 8.40. The van der Waals surface area contributed by atoms with E-state index < -0.39 is 0 Å². The van der Waals surface area contributed by atoms with Crippen LogP contribution in [0.3, 0.4) is 0 Å². The number of nitrogens with zero attached hydrogens (tertiary/aromatic N) is 1. The van der Waals surface area contributed by atoms with Crippen molar-refractivity contribution in [3.05, 3.63) is 58.7 Å². The van der Waals surface area contributed by atoms with E-state index in [1.807, 2.05) is 19.1 Å². The summed E-state index contributed by atoms with van der Waals surface area (Å²) in [6, 6.07) is 12.2. The van der Waals surface area contributed by atoms with Gasteiger partial charge in [-0.1, -0.05) is 13.8 Å². The van der Waals surface area contributed by atoms with Crippen LogP contribution in [-0.4, -0.2) is 26.1 Å². The summed E-state index contributed by atoms with van der Waals surface area (Å²) in [6.45, 7) is 10.6. The molecule has 1 atom stereocenters. The normalized spacial score (nSPS) is 15.3. The van der Waals surface area contributed by atoms with E-state index in [-0.39, 0.29) is 11.9 Å². The van der Waals surface area contributed by atoms with Gasteiger partial charge < -0.3 is 15.0 Å². The molecule has 1 aliphatic rings. The van der Waals surface area contributed by atoms with Crippen LogP contribution in [0.25, 0.3) is 0 Å². The molecular weight excluding hydrogens is 360 g/mol. The summed E-state index contributed by atoms with van der Waals surface area (Å²) in [7, 11) is 1.71. The molecule has 1 N–H and O–H groups in total. The third-order valence-corrected chi connectivity index (χ3v) is 5.91. The minimum absolute atomic E-state index is 0.0380. The van der Waals surface area contributed by atoms with E-state index in [2.05, 4.69) is 55.3 Å². The molecule has 0 aromatic heterocycles. The van der Waals surface area contributed by atoms with Crippen LogP contribution in [0.5, 0.6) is 5.75 Å². The Kier molecular flexibility index (Phi) is 6.83. The Hall–Kier alpha value is -2.49. The van der Waals surface area contributed by atoms with Gasteiger partial charge in [-0.25, -0.2) is 0 Å². The third-order valence-electron chi connectivity index (χ3n) is 5.91. The summed E-state index contributed by atoms with van der Waals surface area (Å²) in [5, 5.41) is 3.16. The second kappa shape index (κ2) is 9.34. The highest BCUT2D eigenvalue weighted by atomic mass is 16.5. The third kappa shape index (κ3) is 4.92. The maximum absolute atomic E-state index is 12.8. The fourth-order valence-electron chi connectivity index (χ4n) is 4.14. The van der Waals surface area contributed by atoms with E-state index in [1.165, 1.54) is 30.5 Å². The van der Waals surface area contributed by atoms with Crippen LogP contribution in [0.4, 0.5) is 5.69 Å². The molecule has 1 aliphatic heterocycles. The monoisotopic (exact) mass is 394 g/mol. The van der Waals surface area contributed by atoms with E-state index >= 15 is 0 Å². The maximum atomic E-state index is 12.8. The molecule has 4 nitrogen and oxygen atoms in total. The summed E-state index contributed by atoms with van der Waals surface area (Å²) in [5.41, 5.74) is 5.34. The van der Waals surface area contributed by atoms with Crippen molar-refractivity contribution in [1.29, 1.82) is 0 Å². The number of hydrogen-bond donors (Lipinski definition) is 1. The van der Waals surface area contributed by atoms with E-state index in [0.717, 1.165) is 30.0 Å². The van der Waals surface area contributed by atoms with Gasteiger partial charge in [0.2, 0.25) is 0 Å². The predicted octanol–water partition coefficient (Wildman–Crippen LogP) is 5.61. The zero-order valence-electron chi connectivity index (χ0n) is 18.4. The van der Waals surface area contributed by atoms with Crippen molar-refractivity contribution in [1.82, 2.24) is 5.32 Å². The lowest BCUT2D eigenvalue weighted by molar-refractivity contribution is 0.0940. The molecule has 1 amide bonds. The number of carbonyl (C=O) groups excluding carboxylic acids is 1.